The van der Waals surface area contributed by atoms with Crippen LogP contribution in [0.3, 0.4) is 0 Å². The average Bonchev–Trinajstić information content (AvgIpc) is 2.38. The fourth-order valence-electron chi connectivity index (χ4n) is 2.37. The van der Waals surface area contributed by atoms with Crippen LogP contribution in [-0.4, -0.2) is 23.7 Å². The molecule has 1 fully saturated rings. The van der Waals surface area contributed by atoms with Crippen LogP contribution in [0.4, 0.5) is 5.82 Å². The Morgan fingerprint density at radius 1 is 1.56 bits per heavy atom. The number of ether oxygens (including phenoxy) is 1. The van der Waals surface area contributed by atoms with Crippen molar-refractivity contribution in [3.63, 3.8) is 0 Å². The first-order valence-electron chi connectivity index (χ1n) is 6.33. The molecule has 18 heavy (non-hydrogen) atoms. The van der Waals surface area contributed by atoms with Gasteiger partial charge in [0.25, 0.3) is 0 Å². The van der Waals surface area contributed by atoms with E-state index in [0.717, 1.165) is 18.8 Å². The maximum absolute atomic E-state index is 8.82. The van der Waals surface area contributed by atoms with E-state index in [1.54, 1.807) is 6.07 Å². The molecule has 0 radical (unpaired) electrons. The highest BCUT2D eigenvalue weighted by Gasteiger charge is 2.48. The van der Waals surface area contributed by atoms with Crippen molar-refractivity contribution < 1.29 is 4.74 Å². The van der Waals surface area contributed by atoms with Crippen LogP contribution in [0.1, 0.15) is 32.9 Å². The molecule has 2 atom stereocenters. The first kappa shape index (κ1) is 12.8. The molecule has 0 amide bonds. The lowest BCUT2D eigenvalue weighted by atomic mass is 9.64. The van der Waals surface area contributed by atoms with Gasteiger partial charge in [-0.3, -0.25) is 0 Å². The van der Waals surface area contributed by atoms with Crippen LogP contribution in [0, 0.1) is 16.7 Å². The van der Waals surface area contributed by atoms with Crippen molar-refractivity contribution in [1.82, 2.24) is 4.98 Å². The van der Waals surface area contributed by atoms with E-state index in [1.165, 1.54) is 0 Å². The average molecular weight is 245 g/mol. The fraction of sp³-hybridized carbons (Fsp3) is 0.571. The number of nitrogens with one attached hydrogen (secondary N) is 1. The van der Waals surface area contributed by atoms with Crippen molar-refractivity contribution in [3.05, 3.63) is 23.9 Å². The number of nitriles is 1. The number of hydrogen-bond acceptors (Lipinski definition) is 4. The van der Waals surface area contributed by atoms with Crippen molar-refractivity contribution in [1.29, 1.82) is 5.26 Å². The fourth-order valence-corrected chi connectivity index (χ4v) is 2.37. The van der Waals surface area contributed by atoms with Crippen molar-refractivity contribution in [2.75, 3.05) is 11.9 Å². The van der Waals surface area contributed by atoms with Gasteiger partial charge in [0.15, 0.2) is 0 Å². The molecule has 0 aromatic carbocycles. The molecule has 4 nitrogen and oxygen atoms in total. The largest absolute Gasteiger partial charge is 0.378 e. The molecule has 0 saturated heterocycles. The van der Waals surface area contributed by atoms with Crippen molar-refractivity contribution >= 4 is 5.82 Å². The van der Waals surface area contributed by atoms with Crippen molar-refractivity contribution in [3.8, 4) is 6.07 Å². The second-order valence-corrected chi connectivity index (χ2v) is 5.22. The van der Waals surface area contributed by atoms with E-state index in [-0.39, 0.29) is 5.41 Å². The highest BCUT2D eigenvalue weighted by atomic mass is 16.5. The van der Waals surface area contributed by atoms with E-state index >= 15 is 0 Å². The van der Waals surface area contributed by atoms with Crippen molar-refractivity contribution in [2.24, 2.45) is 5.41 Å². The summed E-state index contributed by atoms with van der Waals surface area (Å²) in [7, 11) is 0. The third-order valence-corrected chi connectivity index (χ3v) is 3.73. The lowest BCUT2D eigenvalue weighted by Crippen LogP contribution is -2.58. The summed E-state index contributed by atoms with van der Waals surface area (Å²) in [6.07, 6.45) is 1.29. The summed E-state index contributed by atoms with van der Waals surface area (Å²) in [4.78, 5) is 4.24. The summed E-state index contributed by atoms with van der Waals surface area (Å²) >= 11 is 0. The smallest absolute Gasteiger partial charge is 0.142 e. The molecule has 1 heterocycles. The standard InChI is InChI=1S/C14H19N3O/c1-4-18-12-8-11(14(12,2)3)17-13-7-5-6-10(9-15)16-13/h5-7,11-12H,4,8H2,1-3H3,(H,16,17). The first-order chi connectivity index (χ1) is 8.57. The van der Waals surface area contributed by atoms with Crippen molar-refractivity contribution in [2.45, 2.75) is 39.3 Å². The number of pyridine rings is 1. The van der Waals surface area contributed by atoms with Crippen LogP contribution in [0.5, 0.6) is 0 Å². The highest BCUT2D eigenvalue weighted by Crippen LogP contribution is 2.44. The van der Waals surface area contributed by atoms with E-state index in [4.69, 9.17) is 10.00 Å². The number of nitrogens with zero attached hydrogens (tertiary/aromatic N) is 2. The Labute approximate surface area is 108 Å². The molecule has 0 aliphatic heterocycles. The predicted molar refractivity (Wildman–Crippen MR) is 70.2 cm³/mol. The summed E-state index contributed by atoms with van der Waals surface area (Å²) in [5.74, 6) is 0.766. The molecule has 1 N–H and O–H groups in total. The second-order valence-electron chi connectivity index (χ2n) is 5.22. The van der Waals surface area contributed by atoms with E-state index < -0.39 is 0 Å². The summed E-state index contributed by atoms with van der Waals surface area (Å²) < 4.78 is 5.69. The summed E-state index contributed by atoms with van der Waals surface area (Å²) in [5, 5.41) is 12.2. The molecule has 0 spiro atoms. The van der Waals surface area contributed by atoms with Crippen LogP contribution in [-0.2, 0) is 4.74 Å². The maximum atomic E-state index is 8.82. The van der Waals surface area contributed by atoms with Crippen LogP contribution < -0.4 is 5.32 Å². The molecule has 2 unspecified atom stereocenters. The minimum atomic E-state index is 0.0976. The zero-order valence-corrected chi connectivity index (χ0v) is 11.1. The number of hydrogen-bond donors (Lipinski definition) is 1. The summed E-state index contributed by atoms with van der Waals surface area (Å²) in [6, 6.07) is 7.84. The minimum absolute atomic E-state index is 0.0976. The van der Waals surface area contributed by atoms with Crippen LogP contribution in [0.15, 0.2) is 18.2 Å². The number of aromatic nitrogens is 1. The Morgan fingerprint density at radius 3 is 2.94 bits per heavy atom. The Morgan fingerprint density at radius 2 is 2.33 bits per heavy atom. The molecular formula is C14H19N3O. The minimum Gasteiger partial charge on any atom is -0.378 e. The first-order valence-corrected chi connectivity index (χ1v) is 6.33. The van der Waals surface area contributed by atoms with Gasteiger partial charge in [-0.2, -0.15) is 5.26 Å². The topological polar surface area (TPSA) is 57.9 Å². The normalized spacial score (nSPS) is 25.0. The molecule has 1 aliphatic rings. The van der Waals surface area contributed by atoms with Gasteiger partial charge >= 0.3 is 0 Å². The maximum Gasteiger partial charge on any atom is 0.142 e. The Kier molecular flexibility index (Phi) is 3.53. The molecule has 1 aliphatic carbocycles. The summed E-state index contributed by atoms with van der Waals surface area (Å²) in [5.41, 5.74) is 0.541. The van der Waals surface area contributed by atoms with Crippen LogP contribution in [0.2, 0.25) is 0 Å². The lowest BCUT2D eigenvalue weighted by molar-refractivity contribution is -0.0976. The zero-order valence-electron chi connectivity index (χ0n) is 11.1. The molecule has 0 bridgehead atoms. The van der Waals surface area contributed by atoms with E-state index in [0.29, 0.717) is 17.8 Å². The van der Waals surface area contributed by atoms with Gasteiger partial charge in [0.2, 0.25) is 0 Å². The van der Waals surface area contributed by atoms with E-state index in [2.05, 4.69) is 30.2 Å². The molecule has 1 aromatic rings. The molecule has 1 saturated carbocycles. The molecule has 4 heteroatoms. The van der Waals surface area contributed by atoms with Gasteiger partial charge in [0.1, 0.15) is 17.6 Å². The van der Waals surface area contributed by atoms with Gasteiger partial charge in [-0.1, -0.05) is 19.9 Å². The van der Waals surface area contributed by atoms with Gasteiger partial charge in [0, 0.05) is 18.1 Å². The molecule has 1 aromatic heterocycles. The number of anilines is 1. The van der Waals surface area contributed by atoms with E-state index in [1.807, 2.05) is 19.1 Å². The number of rotatable bonds is 4. The Hall–Kier alpha value is -1.60. The second kappa shape index (κ2) is 4.95. The van der Waals surface area contributed by atoms with Gasteiger partial charge in [-0.15, -0.1) is 0 Å². The van der Waals surface area contributed by atoms with Gasteiger partial charge in [-0.05, 0) is 25.5 Å². The van der Waals surface area contributed by atoms with Crippen LogP contribution >= 0.6 is 0 Å². The van der Waals surface area contributed by atoms with Gasteiger partial charge < -0.3 is 10.1 Å². The monoisotopic (exact) mass is 245 g/mol. The predicted octanol–water partition coefficient (Wildman–Crippen LogP) is 2.57. The summed E-state index contributed by atoms with van der Waals surface area (Å²) in [6.45, 7) is 7.17. The Balaban J connectivity index is 2.01. The van der Waals surface area contributed by atoms with Gasteiger partial charge in [-0.25, -0.2) is 4.98 Å². The molecule has 2 rings (SSSR count). The SMILES string of the molecule is CCOC1CC(Nc2cccc(C#N)n2)C1(C)C. The zero-order chi connectivity index (χ0) is 13.2. The van der Waals surface area contributed by atoms with E-state index in [9.17, 15) is 0 Å². The lowest BCUT2D eigenvalue weighted by Gasteiger charge is -2.51. The quantitative estimate of drug-likeness (QED) is 0.885. The Bertz CT molecular complexity index is 464. The van der Waals surface area contributed by atoms with Crippen LogP contribution in [0.25, 0.3) is 0 Å². The third-order valence-electron chi connectivity index (χ3n) is 3.73. The van der Waals surface area contributed by atoms with Gasteiger partial charge in [0.05, 0.1) is 6.10 Å². The highest BCUT2D eigenvalue weighted by molar-refractivity contribution is 5.40. The molecular weight excluding hydrogens is 226 g/mol. The molecule has 96 valence electrons. The third kappa shape index (κ3) is 2.32.